The second kappa shape index (κ2) is 11.2. The number of piperidine rings is 1. The smallest absolute Gasteiger partial charge is 0.328 e. The van der Waals surface area contributed by atoms with Crippen LogP contribution in [0.5, 0.6) is 17.4 Å². The number of aliphatic hydroxyl groups is 1. The number of pyridine rings is 1. The van der Waals surface area contributed by atoms with Crippen LogP contribution >= 0.6 is 0 Å². The highest BCUT2D eigenvalue weighted by atomic mass is 16.7. The number of methoxy groups -OCH3 is 1. The fourth-order valence-electron chi connectivity index (χ4n) is 4.91. The number of β-amino-alcohol motifs (C(OH)–C–C–N with tert-alkyl or cyclic N) is 1. The number of fused-ring (bicyclic) bond motifs is 2. The average Bonchev–Trinajstić information content (AvgIpc) is 3.39. The quantitative estimate of drug-likeness (QED) is 0.377. The van der Waals surface area contributed by atoms with Gasteiger partial charge in [0.15, 0.2) is 11.5 Å². The van der Waals surface area contributed by atoms with Gasteiger partial charge in [-0.05, 0) is 61.3 Å². The summed E-state index contributed by atoms with van der Waals surface area (Å²) in [6.07, 6.45) is 3.88. The number of rotatable bonds is 9. The number of nitrogens with one attached hydrogen (secondary N) is 1. The van der Waals surface area contributed by atoms with Crippen molar-refractivity contribution in [3.63, 3.8) is 0 Å². The third-order valence-corrected chi connectivity index (χ3v) is 6.92. The Morgan fingerprint density at radius 2 is 2.00 bits per heavy atom. The second-order valence-electron chi connectivity index (χ2n) is 9.32. The van der Waals surface area contributed by atoms with Gasteiger partial charge in [-0.15, -0.1) is 0 Å². The van der Waals surface area contributed by atoms with E-state index in [-0.39, 0.29) is 6.79 Å². The molecule has 1 atom stereocenters. The first kappa shape index (κ1) is 25.0. The maximum absolute atomic E-state index is 11.2. The predicted octanol–water partition coefficient (Wildman–Crippen LogP) is 3.36. The molecule has 2 aromatic carbocycles. The molecule has 0 radical (unpaired) electrons. The van der Waals surface area contributed by atoms with Crippen molar-refractivity contribution in [1.82, 2.24) is 15.2 Å². The minimum atomic E-state index is -1.02. The van der Waals surface area contributed by atoms with Crippen LogP contribution in [0.4, 0.5) is 0 Å². The summed E-state index contributed by atoms with van der Waals surface area (Å²) in [6, 6.07) is 13.7. The number of carboxylic acids is 1. The van der Waals surface area contributed by atoms with Crippen molar-refractivity contribution < 1.29 is 29.2 Å². The summed E-state index contributed by atoms with van der Waals surface area (Å²) in [7, 11) is 1.54. The standard InChI is InChI=1S/C28H31N3O6/c1-35-26-8-6-21-19(4-9-27(33)34)3-5-22(28(21)30-26)23(32)16-31-12-10-20(11-13-31)29-15-18-2-7-24-25(14-18)37-17-36-24/h2-9,14,20,23,29,32H,10-13,15-17H2,1H3,(H,33,34)/b9-4+. The Balaban J connectivity index is 1.20. The monoisotopic (exact) mass is 505 g/mol. The van der Waals surface area contributed by atoms with Gasteiger partial charge in [-0.25, -0.2) is 9.78 Å². The molecule has 1 saturated heterocycles. The van der Waals surface area contributed by atoms with Crippen molar-refractivity contribution >= 4 is 22.9 Å². The Bertz CT molecular complexity index is 1300. The fourth-order valence-corrected chi connectivity index (χ4v) is 4.91. The maximum Gasteiger partial charge on any atom is 0.328 e. The highest BCUT2D eigenvalue weighted by Crippen LogP contribution is 2.33. The van der Waals surface area contributed by atoms with E-state index in [1.165, 1.54) is 11.6 Å². The topological polar surface area (TPSA) is 113 Å². The molecule has 3 N–H and O–H groups in total. The minimum Gasteiger partial charge on any atom is -0.481 e. The summed E-state index contributed by atoms with van der Waals surface area (Å²) < 4.78 is 16.1. The lowest BCUT2D eigenvalue weighted by atomic mass is 9.98. The molecule has 0 saturated carbocycles. The Hall–Kier alpha value is -3.66. The van der Waals surface area contributed by atoms with Gasteiger partial charge in [0.2, 0.25) is 12.7 Å². The van der Waals surface area contributed by atoms with Gasteiger partial charge < -0.3 is 34.6 Å². The van der Waals surface area contributed by atoms with E-state index >= 15 is 0 Å². The molecule has 1 aromatic heterocycles. The predicted molar refractivity (Wildman–Crippen MR) is 139 cm³/mol. The minimum absolute atomic E-state index is 0.280. The molecular formula is C28H31N3O6. The molecule has 2 aliphatic heterocycles. The number of carbonyl (C=O) groups is 1. The summed E-state index contributed by atoms with van der Waals surface area (Å²) in [6.45, 7) is 3.30. The number of aromatic nitrogens is 1. The average molecular weight is 506 g/mol. The first-order valence-corrected chi connectivity index (χ1v) is 12.4. The van der Waals surface area contributed by atoms with E-state index in [0.717, 1.165) is 61.0 Å². The van der Waals surface area contributed by atoms with Crippen LogP contribution in [0.3, 0.4) is 0 Å². The Morgan fingerprint density at radius 3 is 2.78 bits per heavy atom. The van der Waals surface area contributed by atoms with E-state index in [4.69, 9.17) is 19.3 Å². The molecule has 1 unspecified atom stereocenters. The van der Waals surface area contributed by atoms with Gasteiger partial charge in [0.1, 0.15) is 0 Å². The number of aliphatic hydroxyl groups excluding tert-OH is 1. The summed E-state index contributed by atoms with van der Waals surface area (Å²) >= 11 is 0. The summed E-state index contributed by atoms with van der Waals surface area (Å²) in [5.74, 6) is 1.01. The molecule has 0 aliphatic carbocycles. The van der Waals surface area contributed by atoms with Crippen LogP contribution in [-0.2, 0) is 11.3 Å². The van der Waals surface area contributed by atoms with E-state index in [0.29, 0.717) is 29.5 Å². The number of ether oxygens (including phenoxy) is 3. The van der Waals surface area contributed by atoms with Crippen LogP contribution in [0, 0.1) is 0 Å². The SMILES string of the molecule is COc1ccc2c(/C=C/C(=O)O)ccc(C(O)CN3CCC(NCc4ccc5c(c4)OCO5)CC3)c2n1. The molecule has 194 valence electrons. The van der Waals surface area contributed by atoms with E-state index in [1.54, 1.807) is 13.2 Å². The van der Waals surface area contributed by atoms with E-state index in [1.807, 2.05) is 30.3 Å². The zero-order valence-corrected chi connectivity index (χ0v) is 20.7. The highest BCUT2D eigenvalue weighted by Gasteiger charge is 2.23. The summed E-state index contributed by atoms with van der Waals surface area (Å²) in [5.41, 5.74) is 3.19. The second-order valence-corrected chi connectivity index (χ2v) is 9.32. The molecule has 2 aliphatic rings. The van der Waals surface area contributed by atoms with Crippen LogP contribution in [0.15, 0.2) is 48.5 Å². The summed E-state index contributed by atoms with van der Waals surface area (Å²) in [5, 5.41) is 24.6. The van der Waals surface area contributed by atoms with Gasteiger partial charge >= 0.3 is 5.97 Å². The van der Waals surface area contributed by atoms with Gasteiger partial charge in [0.05, 0.1) is 18.7 Å². The molecule has 0 bridgehead atoms. The van der Waals surface area contributed by atoms with Gasteiger partial charge in [0.25, 0.3) is 0 Å². The number of benzene rings is 2. The zero-order valence-electron chi connectivity index (χ0n) is 20.7. The number of likely N-dealkylation sites (tertiary alicyclic amines) is 1. The number of carboxylic acid groups (broad SMARTS) is 1. The largest absolute Gasteiger partial charge is 0.481 e. The van der Waals surface area contributed by atoms with Gasteiger partial charge in [0, 0.05) is 42.2 Å². The molecule has 5 rings (SSSR count). The van der Waals surface area contributed by atoms with Gasteiger partial charge in [-0.1, -0.05) is 18.2 Å². The van der Waals surface area contributed by atoms with Gasteiger partial charge in [-0.3, -0.25) is 0 Å². The lowest BCUT2D eigenvalue weighted by molar-refractivity contribution is -0.131. The fraction of sp³-hybridized carbons (Fsp3) is 0.357. The van der Waals surface area contributed by atoms with E-state index < -0.39 is 12.1 Å². The number of hydrogen-bond acceptors (Lipinski definition) is 8. The lowest BCUT2D eigenvalue weighted by Crippen LogP contribution is -2.43. The summed E-state index contributed by atoms with van der Waals surface area (Å²) in [4.78, 5) is 17.8. The van der Waals surface area contributed by atoms with Crippen molar-refractivity contribution in [3.05, 3.63) is 65.2 Å². The van der Waals surface area contributed by atoms with Crippen LogP contribution in [0.1, 0.15) is 35.6 Å². The molecule has 3 heterocycles. The zero-order chi connectivity index (χ0) is 25.8. The Kier molecular flexibility index (Phi) is 7.55. The van der Waals surface area contributed by atoms with Crippen molar-refractivity contribution in [2.75, 3.05) is 33.5 Å². The molecule has 37 heavy (non-hydrogen) atoms. The van der Waals surface area contributed by atoms with Crippen molar-refractivity contribution in [2.24, 2.45) is 0 Å². The van der Waals surface area contributed by atoms with Crippen molar-refractivity contribution in [3.8, 4) is 17.4 Å². The molecule has 0 amide bonds. The first-order valence-electron chi connectivity index (χ1n) is 12.4. The lowest BCUT2D eigenvalue weighted by Gasteiger charge is -2.33. The van der Waals surface area contributed by atoms with E-state index in [9.17, 15) is 9.90 Å². The number of aliphatic carboxylic acids is 1. The Morgan fingerprint density at radius 1 is 1.19 bits per heavy atom. The molecule has 3 aromatic rings. The third-order valence-electron chi connectivity index (χ3n) is 6.92. The maximum atomic E-state index is 11.2. The first-order chi connectivity index (χ1) is 18.0. The number of hydrogen-bond donors (Lipinski definition) is 3. The van der Waals surface area contributed by atoms with Crippen LogP contribution < -0.4 is 19.5 Å². The third kappa shape index (κ3) is 5.85. The molecule has 0 spiro atoms. The van der Waals surface area contributed by atoms with Gasteiger partial charge in [-0.2, -0.15) is 0 Å². The molecule has 1 fully saturated rings. The highest BCUT2D eigenvalue weighted by molar-refractivity contribution is 5.94. The Labute approximate surface area is 215 Å². The normalized spacial score (nSPS) is 16.9. The molecule has 9 heteroatoms. The molecular weight excluding hydrogens is 474 g/mol. The molecule has 9 nitrogen and oxygen atoms in total. The van der Waals surface area contributed by atoms with Crippen molar-refractivity contribution in [2.45, 2.75) is 31.5 Å². The van der Waals surface area contributed by atoms with E-state index in [2.05, 4.69) is 21.3 Å². The van der Waals surface area contributed by atoms with Crippen molar-refractivity contribution in [1.29, 1.82) is 0 Å². The number of nitrogens with zero attached hydrogens (tertiary/aromatic N) is 2. The van der Waals surface area contributed by atoms with Crippen LogP contribution in [-0.4, -0.2) is 65.6 Å². The van der Waals surface area contributed by atoms with Crippen LogP contribution in [0.25, 0.3) is 17.0 Å². The van der Waals surface area contributed by atoms with Crippen LogP contribution in [0.2, 0.25) is 0 Å².